The van der Waals surface area contributed by atoms with Crippen LogP contribution in [0.3, 0.4) is 0 Å². The Bertz CT molecular complexity index is 604. The maximum absolute atomic E-state index is 10.4. The molecule has 0 bridgehead atoms. The molecule has 4 heteroatoms. The van der Waals surface area contributed by atoms with Gasteiger partial charge in [-0.3, -0.25) is 4.68 Å². The SMILES string of the molecule is Cc1cc(CC(O)c2ccc3c(c2)COC3)n(C)n1. The average Bonchev–Trinajstić information content (AvgIpc) is 2.95. The van der Waals surface area contributed by atoms with Gasteiger partial charge in [0, 0.05) is 19.2 Å². The summed E-state index contributed by atoms with van der Waals surface area (Å²) in [6.45, 7) is 3.30. The first kappa shape index (κ1) is 12.4. The molecule has 0 amide bonds. The Hall–Kier alpha value is -1.65. The van der Waals surface area contributed by atoms with Crippen molar-refractivity contribution in [3.8, 4) is 0 Å². The Labute approximate surface area is 112 Å². The van der Waals surface area contributed by atoms with Crippen LogP contribution in [-0.2, 0) is 31.4 Å². The van der Waals surface area contributed by atoms with Crippen LogP contribution in [0.1, 0.15) is 34.2 Å². The summed E-state index contributed by atoms with van der Waals surface area (Å²) >= 11 is 0. The van der Waals surface area contributed by atoms with Gasteiger partial charge in [0.25, 0.3) is 0 Å². The van der Waals surface area contributed by atoms with Crippen LogP contribution in [0.25, 0.3) is 0 Å². The smallest absolute Gasteiger partial charge is 0.0845 e. The molecule has 1 aromatic heterocycles. The average molecular weight is 258 g/mol. The van der Waals surface area contributed by atoms with Crippen LogP contribution >= 0.6 is 0 Å². The Morgan fingerprint density at radius 2 is 2.11 bits per heavy atom. The molecule has 19 heavy (non-hydrogen) atoms. The van der Waals surface area contributed by atoms with Crippen molar-refractivity contribution in [3.05, 3.63) is 52.3 Å². The first-order valence-electron chi connectivity index (χ1n) is 6.50. The molecule has 0 saturated heterocycles. The molecule has 1 aliphatic rings. The molecule has 1 aromatic carbocycles. The molecular formula is C15H18N2O2. The number of ether oxygens (including phenoxy) is 1. The lowest BCUT2D eigenvalue weighted by Gasteiger charge is -2.12. The normalized spacial score (nSPS) is 15.5. The summed E-state index contributed by atoms with van der Waals surface area (Å²) in [5, 5.41) is 14.7. The zero-order chi connectivity index (χ0) is 13.4. The first-order valence-corrected chi connectivity index (χ1v) is 6.50. The summed E-state index contributed by atoms with van der Waals surface area (Å²) in [5.74, 6) is 0. The number of hydrogen-bond donors (Lipinski definition) is 1. The lowest BCUT2D eigenvalue weighted by atomic mass is 10.00. The third-order valence-electron chi connectivity index (χ3n) is 3.63. The Morgan fingerprint density at radius 1 is 1.32 bits per heavy atom. The second-order valence-corrected chi connectivity index (χ2v) is 5.14. The van der Waals surface area contributed by atoms with E-state index in [0.717, 1.165) is 17.0 Å². The molecule has 0 saturated carbocycles. The second-order valence-electron chi connectivity index (χ2n) is 5.14. The topological polar surface area (TPSA) is 47.3 Å². The summed E-state index contributed by atoms with van der Waals surface area (Å²) in [6.07, 6.45) is 0.0810. The minimum absolute atomic E-state index is 0.499. The van der Waals surface area contributed by atoms with E-state index in [-0.39, 0.29) is 0 Å². The van der Waals surface area contributed by atoms with Crippen molar-refractivity contribution in [2.75, 3.05) is 0 Å². The van der Waals surface area contributed by atoms with Crippen LogP contribution in [0.4, 0.5) is 0 Å². The van der Waals surface area contributed by atoms with Crippen LogP contribution in [0.5, 0.6) is 0 Å². The van der Waals surface area contributed by atoms with E-state index in [1.807, 2.05) is 30.8 Å². The fourth-order valence-electron chi connectivity index (χ4n) is 2.57. The van der Waals surface area contributed by atoms with Gasteiger partial charge in [-0.25, -0.2) is 0 Å². The predicted octanol–water partition coefficient (Wildman–Crippen LogP) is 2.03. The number of aliphatic hydroxyl groups excluding tert-OH is 1. The van der Waals surface area contributed by atoms with Gasteiger partial charge in [-0.2, -0.15) is 5.10 Å². The van der Waals surface area contributed by atoms with Crippen molar-refractivity contribution in [1.82, 2.24) is 9.78 Å². The van der Waals surface area contributed by atoms with E-state index in [1.54, 1.807) is 0 Å². The van der Waals surface area contributed by atoms with E-state index < -0.39 is 6.10 Å². The fourth-order valence-corrected chi connectivity index (χ4v) is 2.57. The molecule has 0 fully saturated rings. The minimum atomic E-state index is -0.499. The Kier molecular flexibility index (Phi) is 3.12. The molecule has 0 radical (unpaired) electrons. The summed E-state index contributed by atoms with van der Waals surface area (Å²) in [6, 6.07) is 8.10. The number of fused-ring (bicyclic) bond motifs is 1. The van der Waals surface area contributed by atoms with Gasteiger partial charge < -0.3 is 9.84 Å². The molecule has 2 aromatic rings. The molecule has 1 N–H and O–H groups in total. The van der Waals surface area contributed by atoms with Crippen LogP contribution in [0.2, 0.25) is 0 Å². The van der Waals surface area contributed by atoms with E-state index in [2.05, 4.69) is 17.2 Å². The zero-order valence-corrected chi connectivity index (χ0v) is 11.3. The summed E-state index contributed by atoms with van der Waals surface area (Å²) in [7, 11) is 1.91. The molecule has 1 aliphatic heterocycles. The molecule has 2 heterocycles. The van der Waals surface area contributed by atoms with Crippen LogP contribution in [-0.4, -0.2) is 14.9 Å². The molecule has 0 spiro atoms. The quantitative estimate of drug-likeness (QED) is 0.916. The summed E-state index contributed by atoms with van der Waals surface area (Å²) in [4.78, 5) is 0. The van der Waals surface area contributed by atoms with Crippen molar-refractivity contribution in [2.45, 2.75) is 32.7 Å². The van der Waals surface area contributed by atoms with Gasteiger partial charge >= 0.3 is 0 Å². The Balaban J connectivity index is 1.80. The zero-order valence-electron chi connectivity index (χ0n) is 11.3. The van der Waals surface area contributed by atoms with Crippen LogP contribution in [0, 0.1) is 6.92 Å². The first-order chi connectivity index (χ1) is 9.13. The van der Waals surface area contributed by atoms with Crippen LogP contribution < -0.4 is 0 Å². The summed E-state index contributed by atoms with van der Waals surface area (Å²) in [5.41, 5.74) is 5.39. The van der Waals surface area contributed by atoms with Gasteiger partial charge in [0.15, 0.2) is 0 Å². The highest BCUT2D eigenvalue weighted by Crippen LogP contribution is 2.25. The minimum Gasteiger partial charge on any atom is -0.388 e. The molecule has 1 atom stereocenters. The van der Waals surface area contributed by atoms with Gasteiger partial charge in [0.1, 0.15) is 0 Å². The number of aromatic nitrogens is 2. The van der Waals surface area contributed by atoms with E-state index in [1.165, 1.54) is 11.1 Å². The third kappa shape index (κ3) is 2.41. The highest BCUT2D eigenvalue weighted by Gasteiger charge is 2.16. The lowest BCUT2D eigenvalue weighted by Crippen LogP contribution is -2.07. The number of hydrogen-bond acceptors (Lipinski definition) is 3. The molecule has 0 aliphatic carbocycles. The highest BCUT2D eigenvalue weighted by molar-refractivity contribution is 5.34. The van der Waals surface area contributed by atoms with Gasteiger partial charge in [-0.05, 0) is 29.7 Å². The highest BCUT2D eigenvalue weighted by atomic mass is 16.5. The maximum Gasteiger partial charge on any atom is 0.0845 e. The van der Waals surface area contributed by atoms with Gasteiger partial charge in [0.2, 0.25) is 0 Å². The van der Waals surface area contributed by atoms with Crippen molar-refractivity contribution in [2.24, 2.45) is 7.05 Å². The lowest BCUT2D eigenvalue weighted by molar-refractivity contribution is 0.134. The van der Waals surface area contributed by atoms with Gasteiger partial charge in [0.05, 0.1) is 25.0 Å². The number of aryl methyl sites for hydroxylation is 2. The number of rotatable bonds is 3. The van der Waals surface area contributed by atoms with E-state index in [4.69, 9.17) is 4.74 Å². The van der Waals surface area contributed by atoms with E-state index >= 15 is 0 Å². The molecule has 3 rings (SSSR count). The molecular weight excluding hydrogens is 240 g/mol. The largest absolute Gasteiger partial charge is 0.388 e. The number of nitrogens with zero attached hydrogens (tertiary/aromatic N) is 2. The third-order valence-corrected chi connectivity index (χ3v) is 3.63. The predicted molar refractivity (Wildman–Crippen MR) is 71.5 cm³/mol. The fraction of sp³-hybridized carbons (Fsp3) is 0.400. The van der Waals surface area contributed by atoms with Gasteiger partial charge in [-0.15, -0.1) is 0 Å². The maximum atomic E-state index is 10.4. The van der Waals surface area contributed by atoms with Crippen molar-refractivity contribution >= 4 is 0 Å². The van der Waals surface area contributed by atoms with Gasteiger partial charge in [-0.1, -0.05) is 18.2 Å². The molecule has 100 valence electrons. The van der Waals surface area contributed by atoms with Crippen molar-refractivity contribution in [1.29, 1.82) is 0 Å². The molecule has 4 nitrogen and oxygen atoms in total. The van der Waals surface area contributed by atoms with Crippen molar-refractivity contribution in [3.63, 3.8) is 0 Å². The van der Waals surface area contributed by atoms with Crippen molar-refractivity contribution < 1.29 is 9.84 Å². The molecule has 1 unspecified atom stereocenters. The number of aliphatic hydroxyl groups is 1. The Morgan fingerprint density at radius 3 is 2.84 bits per heavy atom. The monoisotopic (exact) mass is 258 g/mol. The van der Waals surface area contributed by atoms with E-state index in [0.29, 0.717) is 19.6 Å². The standard InChI is InChI=1S/C15H18N2O2/c1-10-5-14(17(2)16-10)7-15(18)11-3-4-12-8-19-9-13(12)6-11/h3-6,15,18H,7-9H2,1-2H3. The summed E-state index contributed by atoms with van der Waals surface area (Å²) < 4.78 is 7.22. The van der Waals surface area contributed by atoms with Crippen LogP contribution in [0.15, 0.2) is 24.3 Å². The second kappa shape index (κ2) is 4.79. The van der Waals surface area contributed by atoms with E-state index in [9.17, 15) is 5.11 Å². The number of benzene rings is 1.